The molecule has 1 aromatic heterocycles. The van der Waals surface area contributed by atoms with E-state index < -0.39 is 0 Å². The van der Waals surface area contributed by atoms with Gasteiger partial charge in [0, 0.05) is 42.7 Å². The summed E-state index contributed by atoms with van der Waals surface area (Å²) >= 11 is 1.78. The van der Waals surface area contributed by atoms with Gasteiger partial charge in [-0.3, -0.25) is 9.69 Å². The molecule has 0 radical (unpaired) electrons. The molecule has 1 N–H and O–H groups in total. The molecule has 0 bridgehead atoms. The predicted octanol–water partition coefficient (Wildman–Crippen LogP) is 3.55. The van der Waals surface area contributed by atoms with Gasteiger partial charge in [-0.05, 0) is 44.0 Å². The van der Waals surface area contributed by atoms with E-state index in [2.05, 4.69) is 46.5 Å². The fraction of sp³-hybridized carbons (Fsp3) is 0.476. The molecule has 140 valence electrons. The molecular weight excluding hydrogens is 342 g/mol. The third-order valence-electron chi connectivity index (χ3n) is 5.19. The zero-order valence-corrected chi connectivity index (χ0v) is 16.8. The Bertz CT molecular complexity index is 708. The molecule has 3 rings (SSSR count). The number of benzene rings is 1. The van der Waals surface area contributed by atoms with Crippen LogP contribution in [0.25, 0.3) is 0 Å². The number of hydrogen-bond donors (Lipinski definition) is 1. The Morgan fingerprint density at radius 1 is 1.19 bits per heavy atom. The average molecular weight is 372 g/mol. The fourth-order valence-electron chi connectivity index (χ4n) is 3.72. The van der Waals surface area contributed by atoms with E-state index in [4.69, 9.17) is 0 Å². The van der Waals surface area contributed by atoms with Crippen molar-refractivity contribution in [3.05, 3.63) is 57.8 Å². The van der Waals surface area contributed by atoms with E-state index in [1.54, 1.807) is 11.3 Å². The van der Waals surface area contributed by atoms with Gasteiger partial charge in [0.2, 0.25) is 0 Å². The Kier molecular flexibility index (Phi) is 6.46. The second-order valence-corrected chi connectivity index (χ2v) is 8.04. The van der Waals surface area contributed by atoms with Crippen molar-refractivity contribution in [1.82, 2.24) is 15.1 Å². The van der Waals surface area contributed by atoms with Gasteiger partial charge in [0.15, 0.2) is 0 Å². The number of aryl methyl sites for hydroxylation is 1. The van der Waals surface area contributed by atoms with Crippen LogP contribution in [0.5, 0.6) is 0 Å². The molecule has 0 spiro atoms. The second-order valence-electron chi connectivity index (χ2n) is 7.06. The van der Waals surface area contributed by atoms with Crippen LogP contribution in [0.1, 0.15) is 40.7 Å². The molecule has 1 aliphatic heterocycles. The summed E-state index contributed by atoms with van der Waals surface area (Å²) < 4.78 is 0. The summed E-state index contributed by atoms with van der Waals surface area (Å²) in [5, 5.41) is 5.37. The van der Waals surface area contributed by atoms with E-state index >= 15 is 0 Å². The largest absolute Gasteiger partial charge is 0.348 e. The first-order valence-corrected chi connectivity index (χ1v) is 10.3. The highest BCUT2D eigenvalue weighted by Gasteiger charge is 2.30. The average Bonchev–Trinajstić information content (AvgIpc) is 3.16. The number of piperazine rings is 1. The third kappa shape index (κ3) is 4.53. The lowest BCUT2D eigenvalue weighted by Crippen LogP contribution is -2.52. The van der Waals surface area contributed by atoms with Gasteiger partial charge in [-0.25, -0.2) is 0 Å². The van der Waals surface area contributed by atoms with Crippen molar-refractivity contribution in [2.45, 2.75) is 32.9 Å². The number of rotatable bonds is 6. The molecule has 1 saturated heterocycles. The molecule has 1 aliphatic rings. The molecule has 1 aromatic carbocycles. The molecule has 0 aliphatic carbocycles. The van der Waals surface area contributed by atoms with Gasteiger partial charge in [0.1, 0.15) is 0 Å². The Morgan fingerprint density at radius 3 is 2.58 bits per heavy atom. The maximum absolute atomic E-state index is 12.7. The zero-order valence-electron chi connectivity index (χ0n) is 15.9. The topological polar surface area (TPSA) is 35.6 Å². The van der Waals surface area contributed by atoms with Gasteiger partial charge >= 0.3 is 0 Å². The van der Waals surface area contributed by atoms with Crippen LogP contribution in [0, 0.1) is 6.92 Å². The number of nitrogens with zero attached hydrogens (tertiary/aromatic N) is 2. The Labute approximate surface area is 160 Å². The Balaban J connectivity index is 1.73. The van der Waals surface area contributed by atoms with Gasteiger partial charge in [-0.1, -0.05) is 30.7 Å². The highest BCUT2D eigenvalue weighted by atomic mass is 32.1. The number of thiophene rings is 1. The molecule has 2 unspecified atom stereocenters. The SMILES string of the molecule is CCN1CCN(C(c2cccs2)C(C)NC(=O)c2cccc(C)c2)CC1. The van der Waals surface area contributed by atoms with E-state index in [1.807, 2.05) is 31.2 Å². The van der Waals surface area contributed by atoms with Gasteiger partial charge in [0.05, 0.1) is 6.04 Å². The van der Waals surface area contributed by atoms with Gasteiger partial charge < -0.3 is 10.2 Å². The Morgan fingerprint density at radius 2 is 1.96 bits per heavy atom. The minimum absolute atomic E-state index is 0.00921. The standard InChI is InChI=1S/C21H29N3OS/c1-4-23-10-12-24(13-11-23)20(19-9-6-14-26-19)17(3)22-21(25)18-8-5-7-16(2)15-18/h5-9,14-15,17,20H,4,10-13H2,1-3H3,(H,22,25). The van der Waals surface area contributed by atoms with Crippen molar-refractivity contribution in [3.8, 4) is 0 Å². The summed E-state index contributed by atoms with van der Waals surface area (Å²) in [4.78, 5) is 19.1. The smallest absolute Gasteiger partial charge is 0.251 e. The number of carbonyl (C=O) groups is 1. The zero-order chi connectivity index (χ0) is 18.5. The highest BCUT2D eigenvalue weighted by Crippen LogP contribution is 2.29. The lowest BCUT2D eigenvalue weighted by Gasteiger charge is -2.41. The summed E-state index contributed by atoms with van der Waals surface area (Å²) in [7, 11) is 0. The number of nitrogens with one attached hydrogen (secondary N) is 1. The first-order valence-electron chi connectivity index (χ1n) is 9.46. The van der Waals surface area contributed by atoms with Crippen LogP contribution in [-0.2, 0) is 0 Å². The van der Waals surface area contributed by atoms with E-state index in [0.717, 1.165) is 43.9 Å². The van der Waals surface area contributed by atoms with Crippen LogP contribution in [0.2, 0.25) is 0 Å². The van der Waals surface area contributed by atoms with E-state index in [1.165, 1.54) is 4.88 Å². The summed E-state index contributed by atoms with van der Waals surface area (Å²) in [6.07, 6.45) is 0. The predicted molar refractivity (Wildman–Crippen MR) is 109 cm³/mol. The van der Waals surface area contributed by atoms with Crippen LogP contribution in [0.15, 0.2) is 41.8 Å². The molecule has 1 amide bonds. The summed E-state index contributed by atoms with van der Waals surface area (Å²) in [5.41, 5.74) is 1.84. The summed E-state index contributed by atoms with van der Waals surface area (Å²) in [5.74, 6) is 0.00921. The van der Waals surface area contributed by atoms with Crippen molar-refractivity contribution in [1.29, 1.82) is 0 Å². The van der Waals surface area contributed by atoms with Crippen molar-refractivity contribution < 1.29 is 4.79 Å². The van der Waals surface area contributed by atoms with Crippen LogP contribution in [0.3, 0.4) is 0 Å². The fourth-order valence-corrected chi connectivity index (χ4v) is 4.68. The Hall–Kier alpha value is -1.69. The maximum Gasteiger partial charge on any atom is 0.251 e. The molecule has 5 heteroatoms. The van der Waals surface area contributed by atoms with Gasteiger partial charge in [-0.2, -0.15) is 0 Å². The third-order valence-corrected chi connectivity index (χ3v) is 6.14. The van der Waals surface area contributed by atoms with Gasteiger partial charge in [-0.15, -0.1) is 11.3 Å². The number of amides is 1. The molecule has 1 fully saturated rings. The minimum Gasteiger partial charge on any atom is -0.348 e. The van der Waals surface area contributed by atoms with Crippen molar-refractivity contribution >= 4 is 17.2 Å². The van der Waals surface area contributed by atoms with Gasteiger partial charge in [0.25, 0.3) is 5.91 Å². The van der Waals surface area contributed by atoms with Crippen molar-refractivity contribution in [3.63, 3.8) is 0 Å². The lowest BCUT2D eigenvalue weighted by molar-refractivity contribution is 0.0753. The highest BCUT2D eigenvalue weighted by molar-refractivity contribution is 7.10. The number of likely N-dealkylation sites (N-methyl/N-ethyl adjacent to an activating group) is 1. The minimum atomic E-state index is 0.00921. The van der Waals surface area contributed by atoms with E-state index in [-0.39, 0.29) is 18.0 Å². The monoisotopic (exact) mass is 371 g/mol. The molecule has 2 aromatic rings. The van der Waals surface area contributed by atoms with Crippen LogP contribution < -0.4 is 5.32 Å². The summed E-state index contributed by atoms with van der Waals surface area (Å²) in [6, 6.07) is 12.4. The number of carbonyl (C=O) groups excluding carboxylic acids is 1. The summed E-state index contributed by atoms with van der Waals surface area (Å²) in [6.45, 7) is 11.7. The van der Waals surface area contributed by atoms with E-state index in [9.17, 15) is 4.79 Å². The molecule has 2 heterocycles. The first-order chi connectivity index (χ1) is 12.6. The normalized spacial score (nSPS) is 18.4. The number of hydrogen-bond acceptors (Lipinski definition) is 4. The molecule has 2 atom stereocenters. The lowest BCUT2D eigenvalue weighted by atomic mass is 10.0. The van der Waals surface area contributed by atoms with Crippen molar-refractivity contribution in [2.24, 2.45) is 0 Å². The molecule has 0 saturated carbocycles. The quantitative estimate of drug-likeness (QED) is 0.843. The maximum atomic E-state index is 12.7. The van der Waals surface area contributed by atoms with Crippen molar-refractivity contribution in [2.75, 3.05) is 32.7 Å². The van der Waals surface area contributed by atoms with Crippen LogP contribution >= 0.6 is 11.3 Å². The molecule has 4 nitrogen and oxygen atoms in total. The first kappa shape index (κ1) is 19.1. The molecule has 26 heavy (non-hydrogen) atoms. The molecular formula is C21H29N3OS. The van der Waals surface area contributed by atoms with E-state index in [0.29, 0.717) is 0 Å². The van der Waals surface area contributed by atoms with Crippen LogP contribution in [0.4, 0.5) is 0 Å². The second kappa shape index (κ2) is 8.80. The van der Waals surface area contributed by atoms with Crippen LogP contribution in [-0.4, -0.2) is 54.5 Å².